The fourth-order valence-electron chi connectivity index (χ4n) is 1.65. The van der Waals surface area contributed by atoms with Gasteiger partial charge in [-0.1, -0.05) is 0 Å². The summed E-state index contributed by atoms with van der Waals surface area (Å²) in [4.78, 5) is 3.15. The van der Waals surface area contributed by atoms with Gasteiger partial charge in [0.1, 0.15) is 0 Å². The topological polar surface area (TPSA) is 51.6 Å². The molecule has 0 spiro atoms. The van der Waals surface area contributed by atoms with Crippen LogP contribution in [0.2, 0.25) is 0 Å². The molecule has 0 saturated carbocycles. The Labute approximate surface area is 71.4 Å². The van der Waals surface area contributed by atoms with Gasteiger partial charge in [0.25, 0.3) is 0 Å². The molecule has 1 aliphatic rings. The standard InChI is InChI=1S/C9H11N3/c10-6-7-3-4-9(12-7)8-2-1-5-11-8/h1-2,5,7,9,11-12H,3-4H2/t7-,9-/m0/s1. The molecule has 1 fully saturated rings. The predicted molar refractivity (Wildman–Crippen MR) is 45.3 cm³/mol. The molecule has 62 valence electrons. The Kier molecular flexibility index (Phi) is 1.84. The second-order valence-electron chi connectivity index (χ2n) is 3.10. The summed E-state index contributed by atoms with van der Waals surface area (Å²) in [5.74, 6) is 0. The molecule has 2 rings (SSSR count). The number of H-pyrrole nitrogens is 1. The van der Waals surface area contributed by atoms with Crippen molar-refractivity contribution in [2.75, 3.05) is 0 Å². The van der Waals surface area contributed by atoms with E-state index in [-0.39, 0.29) is 6.04 Å². The zero-order valence-corrected chi connectivity index (χ0v) is 6.75. The maximum absolute atomic E-state index is 8.66. The van der Waals surface area contributed by atoms with E-state index in [9.17, 15) is 0 Å². The van der Waals surface area contributed by atoms with Gasteiger partial charge in [-0.05, 0) is 25.0 Å². The van der Waals surface area contributed by atoms with Gasteiger partial charge in [0, 0.05) is 17.9 Å². The van der Waals surface area contributed by atoms with Crippen molar-refractivity contribution in [3.05, 3.63) is 24.0 Å². The number of nitriles is 1. The molecule has 1 aromatic heterocycles. The van der Waals surface area contributed by atoms with Crippen molar-refractivity contribution in [3.63, 3.8) is 0 Å². The summed E-state index contributed by atoms with van der Waals surface area (Å²) in [6.45, 7) is 0. The normalized spacial score (nSPS) is 28.6. The van der Waals surface area contributed by atoms with Crippen molar-refractivity contribution in [2.24, 2.45) is 0 Å². The van der Waals surface area contributed by atoms with Gasteiger partial charge in [-0.25, -0.2) is 0 Å². The fourth-order valence-corrected chi connectivity index (χ4v) is 1.65. The van der Waals surface area contributed by atoms with Crippen LogP contribution in [0, 0.1) is 11.3 Å². The average molecular weight is 161 g/mol. The van der Waals surface area contributed by atoms with E-state index in [0.717, 1.165) is 12.8 Å². The summed E-state index contributed by atoms with van der Waals surface area (Å²) in [7, 11) is 0. The lowest BCUT2D eigenvalue weighted by atomic mass is 10.1. The highest BCUT2D eigenvalue weighted by molar-refractivity contribution is 5.13. The number of nitrogens with zero attached hydrogens (tertiary/aromatic N) is 1. The molecule has 12 heavy (non-hydrogen) atoms. The van der Waals surface area contributed by atoms with Crippen LogP contribution in [-0.4, -0.2) is 11.0 Å². The number of aromatic nitrogens is 1. The van der Waals surface area contributed by atoms with Gasteiger partial charge < -0.3 is 4.98 Å². The first-order valence-corrected chi connectivity index (χ1v) is 4.19. The van der Waals surface area contributed by atoms with Crippen LogP contribution >= 0.6 is 0 Å². The summed E-state index contributed by atoms with van der Waals surface area (Å²) in [6.07, 6.45) is 3.93. The van der Waals surface area contributed by atoms with Gasteiger partial charge in [0.15, 0.2) is 0 Å². The summed E-state index contributed by atoms with van der Waals surface area (Å²) < 4.78 is 0. The van der Waals surface area contributed by atoms with Crippen LogP contribution in [0.25, 0.3) is 0 Å². The highest BCUT2D eigenvalue weighted by Gasteiger charge is 2.24. The first-order chi connectivity index (χ1) is 5.90. The summed E-state index contributed by atoms with van der Waals surface area (Å²) in [5, 5.41) is 11.9. The molecule has 1 saturated heterocycles. The molecule has 0 radical (unpaired) electrons. The van der Waals surface area contributed by atoms with E-state index < -0.39 is 0 Å². The Hall–Kier alpha value is -1.27. The summed E-state index contributed by atoms with van der Waals surface area (Å²) in [5.41, 5.74) is 1.19. The van der Waals surface area contributed by atoms with E-state index in [1.165, 1.54) is 5.69 Å². The SMILES string of the molecule is N#C[C@@H]1CC[C@@H](c2ccc[nH]2)N1. The zero-order valence-electron chi connectivity index (χ0n) is 6.75. The van der Waals surface area contributed by atoms with Gasteiger partial charge in [-0.2, -0.15) is 5.26 Å². The van der Waals surface area contributed by atoms with E-state index in [4.69, 9.17) is 5.26 Å². The molecule has 0 aromatic carbocycles. The molecular formula is C9H11N3. The van der Waals surface area contributed by atoms with Crippen LogP contribution in [0.15, 0.2) is 18.3 Å². The summed E-state index contributed by atoms with van der Waals surface area (Å²) in [6, 6.07) is 6.66. The second-order valence-corrected chi connectivity index (χ2v) is 3.10. The monoisotopic (exact) mass is 161 g/mol. The molecule has 0 unspecified atom stereocenters. The second kappa shape index (κ2) is 3.00. The first kappa shape index (κ1) is 7.38. The number of nitrogens with one attached hydrogen (secondary N) is 2. The van der Waals surface area contributed by atoms with Crippen molar-refractivity contribution < 1.29 is 0 Å². The van der Waals surface area contributed by atoms with Crippen molar-refractivity contribution in [1.82, 2.24) is 10.3 Å². The summed E-state index contributed by atoms with van der Waals surface area (Å²) >= 11 is 0. The van der Waals surface area contributed by atoms with Gasteiger partial charge in [0.05, 0.1) is 12.1 Å². The molecule has 1 aromatic rings. The Balaban J connectivity index is 2.06. The Morgan fingerprint density at radius 1 is 1.50 bits per heavy atom. The van der Waals surface area contributed by atoms with Crippen LogP contribution in [0.1, 0.15) is 24.6 Å². The molecule has 0 amide bonds. The first-order valence-electron chi connectivity index (χ1n) is 4.19. The lowest BCUT2D eigenvalue weighted by Crippen LogP contribution is -2.22. The molecule has 0 aliphatic carbocycles. The molecule has 2 N–H and O–H groups in total. The van der Waals surface area contributed by atoms with Gasteiger partial charge in [-0.15, -0.1) is 0 Å². The van der Waals surface area contributed by atoms with Crippen LogP contribution in [0.4, 0.5) is 0 Å². The lowest BCUT2D eigenvalue weighted by Gasteiger charge is -2.07. The predicted octanol–water partition coefficient (Wildman–Crippen LogP) is 1.33. The van der Waals surface area contributed by atoms with E-state index in [1.54, 1.807) is 0 Å². The van der Waals surface area contributed by atoms with E-state index in [0.29, 0.717) is 6.04 Å². The maximum atomic E-state index is 8.66. The lowest BCUT2D eigenvalue weighted by molar-refractivity contribution is 0.605. The maximum Gasteiger partial charge on any atom is 0.0958 e. The third kappa shape index (κ3) is 1.21. The van der Waals surface area contributed by atoms with E-state index in [2.05, 4.69) is 22.4 Å². The van der Waals surface area contributed by atoms with Crippen LogP contribution < -0.4 is 5.32 Å². The fraction of sp³-hybridized carbons (Fsp3) is 0.444. The Morgan fingerprint density at radius 2 is 2.42 bits per heavy atom. The number of hydrogen-bond donors (Lipinski definition) is 2. The molecule has 1 aliphatic heterocycles. The number of hydrogen-bond acceptors (Lipinski definition) is 2. The largest absolute Gasteiger partial charge is 0.364 e. The van der Waals surface area contributed by atoms with Crippen molar-refractivity contribution in [2.45, 2.75) is 24.9 Å². The minimum atomic E-state index is 0.0401. The highest BCUT2D eigenvalue weighted by atomic mass is 15.0. The van der Waals surface area contributed by atoms with Crippen LogP contribution in [0.3, 0.4) is 0 Å². The minimum Gasteiger partial charge on any atom is -0.364 e. The van der Waals surface area contributed by atoms with Crippen molar-refractivity contribution >= 4 is 0 Å². The van der Waals surface area contributed by atoms with Crippen LogP contribution in [-0.2, 0) is 0 Å². The van der Waals surface area contributed by atoms with E-state index in [1.807, 2.05) is 12.3 Å². The zero-order chi connectivity index (χ0) is 8.39. The third-order valence-electron chi connectivity index (χ3n) is 2.30. The quantitative estimate of drug-likeness (QED) is 0.652. The number of rotatable bonds is 1. The van der Waals surface area contributed by atoms with Gasteiger partial charge in [0.2, 0.25) is 0 Å². The molecule has 2 heterocycles. The Morgan fingerprint density at radius 3 is 3.00 bits per heavy atom. The van der Waals surface area contributed by atoms with Crippen molar-refractivity contribution in [3.8, 4) is 6.07 Å². The average Bonchev–Trinajstić information content (AvgIpc) is 2.75. The number of aromatic amines is 1. The van der Waals surface area contributed by atoms with Gasteiger partial charge >= 0.3 is 0 Å². The van der Waals surface area contributed by atoms with E-state index >= 15 is 0 Å². The molecule has 2 atom stereocenters. The minimum absolute atomic E-state index is 0.0401. The van der Waals surface area contributed by atoms with Crippen molar-refractivity contribution in [1.29, 1.82) is 5.26 Å². The molecule has 3 heteroatoms. The smallest absolute Gasteiger partial charge is 0.0958 e. The third-order valence-corrected chi connectivity index (χ3v) is 2.30. The molecular weight excluding hydrogens is 150 g/mol. The molecule has 0 bridgehead atoms. The highest BCUT2D eigenvalue weighted by Crippen LogP contribution is 2.24. The Bertz CT molecular complexity index is 283. The molecule has 3 nitrogen and oxygen atoms in total. The van der Waals surface area contributed by atoms with Crippen LogP contribution in [0.5, 0.6) is 0 Å². The van der Waals surface area contributed by atoms with Gasteiger partial charge in [-0.3, -0.25) is 5.32 Å².